The highest BCUT2D eigenvalue weighted by molar-refractivity contribution is 5.22. The van der Waals surface area contributed by atoms with Crippen molar-refractivity contribution in [3.05, 3.63) is 53.4 Å². The summed E-state index contributed by atoms with van der Waals surface area (Å²) in [5, 5.41) is 14.4. The summed E-state index contributed by atoms with van der Waals surface area (Å²) in [6.45, 7) is 1.90. The molecule has 2 unspecified atom stereocenters. The molecule has 2 heterocycles. The van der Waals surface area contributed by atoms with Crippen molar-refractivity contribution in [1.82, 2.24) is 14.7 Å². The number of hydrogen-bond donors (Lipinski definition) is 1. The van der Waals surface area contributed by atoms with Crippen molar-refractivity contribution >= 4 is 0 Å². The average molecular weight is 321 g/mol. The molecule has 0 spiro atoms. The molecule has 1 fully saturated rings. The van der Waals surface area contributed by atoms with Gasteiger partial charge in [-0.3, -0.25) is 4.68 Å². The van der Waals surface area contributed by atoms with E-state index in [2.05, 4.69) is 10.00 Å². The standard InChI is InChI=1S/C17H21F2N3O/c1-21-9-13(8-20-21)7-12-5-6-22(10-12)11-16(23)17-14(18)3-2-4-15(17)19/h2-4,8-9,12,16,23H,5-7,10-11H2,1H3. The second kappa shape index (κ2) is 6.76. The van der Waals surface area contributed by atoms with E-state index in [9.17, 15) is 13.9 Å². The van der Waals surface area contributed by atoms with Crippen molar-refractivity contribution in [2.24, 2.45) is 13.0 Å². The van der Waals surface area contributed by atoms with Gasteiger partial charge in [0.25, 0.3) is 0 Å². The molecule has 1 aliphatic heterocycles. The molecule has 4 nitrogen and oxygen atoms in total. The SMILES string of the molecule is Cn1cc(CC2CCN(CC(O)c3c(F)cccc3F)C2)cn1. The van der Waals surface area contributed by atoms with Crippen LogP contribution >= 0.6 is 0 Å². The Hall–Kier alpha value is -1.79. The number of benzene rings is 1. The predicted molar refractivity (Wildman–Crippen MR) is 82.8 cm³/mol. The van der Waals surface area contributed by atoms with Crippen LogP contribution in [0.15, 0.2) is 30.6 Å². The quantitative estimate of drug-likeness (QED) is 0.919. The molecule has 1 aliphatic rings. The molecular weight excluding hydrogens is 300 g/mol. The third kappa shape index (κ3) is 3.76. The van der Waals surface area contributed by atoms with E-state index in [1.165, 1.54) is 23.8 Å². The van der Waals surface area contributed by atoms with Crippen molar-refractivity contribution in [2.45, 2.75) is 18.9 Å². The Balaban J connectivity index is 1.57. The highest BCUT2D eigenvalue weighted by Gasteiger charge is 2.27. The number of aliphatic hydroxyl groups is 1. The van der Waals surface area contributed by atoms with E-state index >= 15 is 0 Å². The van der Waals surface area contributed by atoms with Crippen molar-refractivity contribution < 1.29 is 13.9 Å². The van der Waals surface area contributed by atoms with Gasteiger partial charge < -0.3 is 10.0 Å². The lowest BCUT2D eigenvalue weighted by molar-refractivity contribution is 0.117. The number of aryl methyl sites for hydroxylation is 1. The lowest BCUT2D eigenvalue weighted by atomic mass is 10.0. The van der Waals surface area contributed by atoms with Gasteiger partial charge in [-0.05, 0) is 43.0 Å². The molecule has 1 saturated heterocycles. The molecule has 2 atom stereocenters. The van der Waals surface area contributed by atoms with Gasteiger partial charge in [-0.2, -0.15) is 5.10 Å². The lowest BCUT2D eigenvalue weighted by Crippen LogP contribution is -2.27. The minimum absolute atomic E-state index is 0.233. The first-order valence-corrected chi connectivity index (χ1v) is 7.85. The number of likely N-dealkylation sites (tertiary alicyclic amines) is 1. The molecule has 3 rings (SSSR count). The Kier molecular flexibility index (Phi) is 4.73. The first-order chi connectivity index (χ1) is 11.0. The van der Waals surface area contributed by atoms with E-state index in [1.807, 2.05) is 19.4 Å². The van der Waals surface area contributed by atoms with Crippen LogP contribution in [-0.2, 0) is 13.5 Å². The van der Waals surface area contributed by atoms with Gasteiger partial charge in [-0.25, -0.2) is 8.78 Å². The zero-order chi connectivity index (χ0) is 16.4. The zero-order valence-corrected chi connectivity index (χ0v) is 13.1. The second-order valence-electron chi connectivity index (χ2n) is 6.29. The Labute approximate surface area is 134 Å². The molecule has 0 bridgehead atoms. The Bertz CT molecular complexity index is 653. The molecule has 1 N–H and O–H groups in total. The van der Waals surface area contributed by atoms with Crippen molar-refractivity contribution in [3.63, 3.8) is 0 Å². The largest absolute Gasteiger partial charge is 0.387 e. The van der Waals surface area contributed by atoms with E-state index in [4.69, 9.17) is 0 Å². The van der Waals surface area contributed by atoms with Crippen LogP contribution in [0, 0.1) is 17.6 Å². The summed E-state index contributed by atoms with van der Waals surface area (Å²) >= 11 is 0. The van der Waals surface area contributed by atoms with E-state index in [1.54, 1.807) is 4.68 Å². The van der Waals surface area contributed by atoms with Crippen LogP contribution in [0.2, 0.25) is 0 Å². The molecular formula is C17H21F2N3O. The van der Waals surface area contributed by atoms with E-state index in [0.29, 0.717) is 5.92 Å². The number of rotatable bonds is 5. The first-order valence-electron chi connectivity index (χ1n) is 7.85. The fourth-order valence-electron chi connectivity index (χ4n) is 3.32. The normalized spacial score (nSPS) is 20.1. The van der Waals surface area contributed by atoms with Crippen LogP contribution in [0.1, 0.15) is 23.7 Å². The van der Waals surface area contributed by atoms with Crippen molar-refractivity contribution in [3.8, 4) is 0 Å². The van der Waals surface area contributed by atoms with Crippen LogP contribution in [-0.4, -0.2) is 39.4 Å². The van der Waals surface area contributed by atoms with Gasteiger partial charge in [0.1, 0.15) is 11.6 Å². The van der Waals surface area contributed by atoms with Crippen molar-refractivity contribution in [1.29, 1.82) is 0 Å². The van der Waals surface area contributed by atoms with E-state index in [-0.39, 0.29) is 12.1 Å². The summed E-state index contributed by atoms with van der Waals surface area (Å²) in [6.07, 6.45) is 4.68. The highest BCUT2D eigenvalue weighted by Crippen LogP contribution is 2.25. The van der Waals surface area contributed by atoms with E-state index in [0.717, 1.165) is 25.9 Å². The number of β-amino-alcohol motifs (C(OH)–C–C–N with tert-alkyl or cyclic N) is 1. The maximum Gasteiger partial charge on any atom is 0.131 e. The van der Waals surface area contributed by atoms with Crippen LogP contribution in [0.5, 0.6) is 0 Å². The van der Waals surface area contributed by atoms with Crippen LogP contribution in [0.4, 0.5) is 8.78 Å². The Morgan fingerprint density at radius 2 is 2.09 bits per heavy atom. The first kappa shape index (κ1) is 16.1. The smallest absolute Gasteiger partial charge is 0.131 e. The number of hydrogen-bond acceptors (Lipinski definition) is 3. The molecule has 0 amide bonds. The maximum absolute atomic E-state index is 13.7. The lowest BCUT2D eigenvalue weighted by Gasteiger charge is -2.21. The van der Waals surface area contributed by atoms with Crippen LogP contribution < -0.4 is 0 Å². The summed E-state index contributed by atoms with van der Waals surface area (Å²) < 4.78 is 29.2. The Morgan fingerprint density at radius 1 is 1.35 bits per heavy atom. The highest BCUT2D eigenvalue weighted by atomic mass is 19.1. The molecule has 23 heavy (non-hydrogen) atoms. The minimum atomic E-state index is -1.15. The van der Waals surface area contributed by atoms with Gasteiger partial charge in [0.2, 0.25) is 0 Å². The summed E-state index contributed by atoms with van der Waals surface area (Å²) in [5.41, 5.74) is 0.961. The van der Waals surface area contributed by atoms with Crippen molar-refractivity contribution in [2.75, 3.05) is 19.6 Å². The summed E-state index contributed by atoms with van der Waals surface area (Å²) in [4.78, 5) is 2.07. The summed E-state index contributed by atoms with van der Waals surface area (Å²) in [5.74, 6) is -0.899. The van der Waals surface area contributed by atoms with Gasteiger partial charge in [0.05, 0.1) is 17.9 Å². The number of aliphatic hydroxyl groups excluding tert-OH is 1. The molecule has 124 valence electrons. The third-order valence-electron chi connectivity index (χ3n) is 4.42. The molecule has 0 aliphatic carbocycles. The predicted octanol–water partition coefficient (Wildman–Crippen LogP) is 2.30. The van der Waals surface area contributed by atoms with Gasteiger partial charge in [-0.15, -0.1) is 0 Å². The summed E-state index contributed by atoms with van der Waals surface area (Å²) in [7, 11) is 1.89. The maximum atomic E-state index is 13.7. The second-order valence-corrected chi connectivity index (χ2v) is 6.29. The number of nitrogens with zero attached hydrogens (tertiary/aromatic N) is 3. The number of aromatic nitrogens is 2. The third-order valence-corrected chi connectivity index (χ3v) is 4.42. The molecule has 2 aromatic rings. The van der Waals surface area contributed by atoms with Crippen LogP contribution in [0.25, 0.3) is 0 Å². The summed E-state index contributed by atoms with van der Waals surface area (Å²) in [6, 6.07) is 3.66. The fraction of sp³-hybridized carbons (Fsp3) is 0.471. The van der Waals surface area contributed by atoms with E-state index < -0.39 is 17.7 Å². The topological polar surface area (TPSA) is 41.3 Å². The van der Waals surface area contributed by atoms with Crippen LogP contribution in [0.3, 0.4) is 0 Å². The molecule has 0 radical (unpaired) electrons. The fourth-order valence-corrected chi connectivity index (χ4v) is 3.32. The molecule has 1 aromatic heterocycles. The molecule has 1 aromatic carbocycles. The minimum Gasteiger partial charge on any atom is -0.387 e. The Morgan fingerprint density at radius 3 is 2.74 bits per heavy atom. The zero-order valence-electron chi connectivity index (χ0n) is 13.1. The van der Waals surface area contributed by atoms with Gasteiger partial charge >= 0.3 is 0 Å². The monoisotopic (exact) mass is 321 g/mol. The van der Waals surface area contributed by atoms with Gasteiger partial charge in [0.15, 0.2) is 0 Å². The van der Waals surface area contributed by atoms with Gasteiger partial charge in [0, 0.05) is 26.3 Å². The number of halogens is 2. The molecule has 6 heteroatoms. The van der Waals surface area contributed by atoms with Gasteiger partial charge in [-0.1, -0.05) is 6.07 Å². The average Bonchev–Trinajstić information content (AvgIpc) is 3.08. The molecule has 0 saturated carbocycles.